The van der Waals surface area contributed by atoms with Crippen molar-refractivity contribution in [3.63, 3.8) is 0 Å². The van der Waals surface area contributed by atoms with Gasteiger partial charge in [-0.05, 0) is 57.5 Å². The van der Waals surface area contributed by atoms with Crippen molar-refractivity contribution in [1.29, 1.82) is 5.41 Å². The molecule has 0 saturated carbocycles. The number of rotatable bonds is 2. The fourth-order valence-electron chi connectivity index (χ4n) is 3.88. The molecule has 1 saturated heterocycles. The Hall–Kier alpha value is -2.56. The average Bonchev–Trinajstić information content (AvgIpc) is 3.02. The Balaban J connectivity index is 1.91. The van der Waals surface area contributed by atoms with E-state index in [-0.39, 0.29) is 11.6 Å². The number of sulfone groups is 1. The maximum absolute atomic E-state index is 12.9. The molecule has 7 heteroatoms. The molecule has 0 radical (unpaired) electrons. The Morgan fingerprint density at radius 1 is 1.13 bits per heavy atom. The summed E-state index contributed by atoms with van der Waals surface area (Å²) < 4.78 is 32.3. The molecular formula is C23H24N2O3S2. The molecule has 1 aliphatic rings. The van der Waals surface area contributed by atoms with Crippen LogP contribution in [-0.2, 0) is 15.4 Å². The van der Waals surface area contributed by atoms with Gasteiger partial charge in [-0.15, -0.1) is 17.3 Å². The molecule has 1 atom stereocenters. The normalized spacial score (nSPS) is 22.4. The van der Waals surface area contributed by atoms with Crippen LogP contribution in [0.2, 0.25) is 0 Å². The van der Waals surface area contributed by atoms with E-state index in [1.165, 1.54) is 0 Å². The number of thiophene rings is 1. The zero-order chi connectivity index (χ0) is 21.9. The molecule has 2 heterocycles. The molecule has 2 N–H and O–H groups in total. The van der Waals surface area contributed by atoms with Crippen molar-refractivity contribution in [3.05, 3.63) is 41.5 Å². The summed E-state index contributed by atoms with van der Waals surface area (Å²) in [6.45, 7) is 6.80. The van der Waals surface area contributed by atoms with Crippen molar-refractivity contribution >= 4 is 47.2 Å². The minimum atomic E-state index is -3.49. The largest absolute Gasteiger partial charge is 0.495 e. The SMILES string of the molecule is CC#Cc1cc2c(cc1OC)sc1ccc([C@]3(C)CS(=O)(=O)C(C)(C)C(=N)N3)cc12. The number of fused-ring (bicyclic) bond motifs is 3. The molecule has 0 bridgehead atoms. The summed E-state index contributed by atoms with van der Waals surface area (Å²) in [5.74, 6) is 6.72. The number of amidine groups is 1. The molecule has 0 aliphatic carbocycles. The first kappa shape index (κ1) is 20.7. The van der Waals surface area contributed by atoms with Crippen LogP contribution in [0.1, 0.15) is 38.8 Å². The van der Waals surface area contributed by atoms with E-state index in [0.29, 0.717) is 0 Å². The molecular weight excluding hydrogens is 416 g/mol. The Labute approximate surface area is 180 Å². The topological polar surface area (TPSA) is 79.2 Å². The van der Waals surface area contributed by atoms with Crippen LogP contribution in [0, 0.1) is 17.3 Å². The molecule has 0 unspecified atom stereocenters. The lowest BCUT2D eigenvalue weighted by Crippen LogP contribution is -2.63. The number of methoxy groups -OCH3 is 1. The average molecular weight is 441 g/mol. The zero-order valence-corrected chi connectivity index (χ0v) is 19.3. The highest BCUT2D eigenvalue weighted by Gasteiger charge is 2.50. The van der Waals surface area contributed by atoms with Crippen LogP contribution >= 0.6 is 11.3 Å². The van der Waals surface area contributed by atoms with Gasteiger partial charge in [-0.1, -0.05) is 12.0 Å². The van der Waals surface area contributed by atoms with Crippen molar-refractivity contribution in [2.45, 2.75) is 38.0 Å². The van der Waals surface area contributed by atoms with Crippen molar-refractivity contribution in [3.8, 4) is 17.6 Å². The zero-order valence-electron chi connectivity index (χ0n) is 17.6. The quantitative estimate of drug-likeness (QED) is 0.578. The van der Waals surface area contributed by atoms with Crippen LogP contribution < -0.4 is 10.1 Å². The van der Waals surface area contributed by atoms with Crippen molar-refractivity contribution in [2.75, 3.05) is 12.9 Å². The molecule has 0 amide bonds. The molecule has 156 valence electrons. The van der Waals surface area contributed by atoms with E-state index in [2.05, 4.69) is 17.2 Å². The Bertz CT molecular complexity index is 1370. The second kappa shape index (κ2) is 6.73. The summed E-state index contributed by atoms with van der Waals surface area (Å²) in [6, 6.07) is 10.1. The van der Waals surface area contributed by atoms with Gasteiger partial charge in [0, 0.05) is 20.2 Å². The number of ether oxygens (including phenoxy) is 1. The van der Waals surface area contributed by atoms with Crippen LogP contribution in [0.3, 0.4) is 0 Å². The first-order valence-electron chi connectivity index (χ1n) is 9.59. The predicted octanol–water partition coefficient (Wildman–Crippen LogP) is 4.42. The van der Waals surface area contributed by atoms with E-state index >= 15 is 0 Å². The van der Waals surface area contributed by atoms with Crippen LogP contribution in [0.5, 0.6) is 5.75 Å². The molecule has 1 aromatic heterocycles. The van der Waals surface area contributed by atoms with E-state index in [0.717, 1.165) is 37.0 Å². The molecule has 30 heavy (non-hydrogen) atoms. The first-order valence-corrected chi connectivity index (χ1v) is 12.1. The predicted molar refractivity (Wildman–Crippen MR) is 125 cm³/mol. The van der Waals surface area contributed by atoms with Gasteiger partial charge < -0.3 is 10.1 Å². The van der Waals surface area contributed by atoms with Crippen molar-refractivity contribution in [1.82, 2.24) is 5.32 Å². The molecule has 5 nitrogen and oxygen atoms in total. The highest BCUT2D eigenvalue weighted by Crippen LogP contribution is 2.41. The lowest BCUT2D eigenvalue weighted by Gasteiger charge is -2.43. The number of hydrogen-bond acceptors (Lipinski definition) is 5. The van der Waals surface area contributed by atoms with Gasteiger partial charge in [0.05, 0.1) is 24.0 Å². The van der Waals surface area contributed by atoms with Gasteiger partial charge in [-0.2, -0.15) is 0 Å². The summed E-state index contributed by atoms with van der Waals surface area (Å²) in [7, 11) is -1.85. The summed E-state index contributed by atoms with van der Waals surface area (Å²) >= 11 is 1.66. The maximum atomic E-state index is 12.9. The molecule has 2 aromatic carbocycles. The van der Waals surface area contributed by atoms with E-state index in [9.17, 15) is 8.42 Å². The van der Waals surface area contributed by atoms with Crippen LogP contribution in [-0.4, -0.2) is 31.9 Å². The van der Waals surface area contributed by atoms with Crippen LogP contribution in [0.4, 0.5) is 0 Å². The minimum Gasteiger partial charge on any atom is -0.495 e. The fourth-order valence-corrected chi connectivity index (χ4v) is 6.70. The second-order valence-electron chi connectivity index (χ2n) is 8.34. The summed E-state index contributed by atoms with van der Waals surface area (Å²) in [4.78, 5) is 0. The lowest BCUT2D eigenvalue weighted by atomic mass is 9.91. The number of hydrogen-bond donors (Lipinski definition) is 2. The van der Waals surface area contributed by atoms with Gasteiger partial charge in [0.25, 0.3) is 0 Å². The third-order valence-corrected chi connectivity index (χ3v) is 9.80. The second-order valence-corrected chi connectivity index (χ2v) is 12.0. The summed E-state index contributed by atoms with van der Waals surface area (Å²) in [5.41, 5.74) is 0.801. The fraction of sp³-hybridized carbons (Fsp3) is 0.348. The molecule has 0 spiro atoms. The van der Waals surface area contributed by atoms with E-state index in [1.807, 2.05) is 37.3 Å². The standard InChI is InChI=1S/C23H24N2O3S2/c1-6-7-14-10-16-17-11-15(8-9-19(17)29-20(16)12-18(14)28-5)23(4)13-30(26,27)22(2,3)21(24)25-23/h8-12H,13H2,1-5H3,(H2,24,25)/t23-/m0/s1. The van der Waals surface area contributed by atoms with E-state index in [4.69, 9.17) is 10.1 Å². The summed E-state index contributed by atoms with van der Waals surface area (Å²) in [5, 5.41) is 13.6. The monoisotopic (exact) mass is 440 g/mol. The van der Waals surface area contributed by atoms with Crippen LogP contribution in [0.25, 0.3) is 20.2 Å². The molecule has 1 fully saturated rings. The van der Waals surface area contributed by atoms with Gasteiger partial charge in [0.2, 0.25) is 0 Å². The van der Waals surface area contributed by atoms with E-state index in [1.54, 1.807) is 39.2 Å². The van der Waals surface area contributed by atoms with Gasteiger partial charge in [-0.3, -0.25) is 5.41 Å². The molecule has 4 rings (SSSR count). The third kappa shape index (κ3) is 2.98. The Morgan fingerprint density at radius 3 is 2.47 bits per heavy atom. The third-order valence-electron chi connectivity index (χ3n) is 5.95. The van der Waals surface area contributed by atoms with Gasteiger partial charge in [0.1, 0.15) is 16.3 Å². The van der Waals surface area contributed by atoms with E-state index < -0.39 is 20.1 Å². The van der Waals surface area contributed by atoms with Gasteiger partial charge >= 0.3 is 0 Å². The lowest BCUT2D eigenvalue weighted by molar-refractivity contribution is 0.414. The molecule has 3 aromatic rings. The Morgan fingerprint density at radius 2 is 1.83 bits per heavy atom. The first-order chi connectivity index (χ1) is 14.0. The van der Waals surface area contributed by atoms with Gasteiger partial charge in [0.15, 0.2) is 9.84 Å². The van der Waals surface area contributed by atoms with Crippen molar-refractivity contribution < 1.29 is 13.2 Å². The highest BCUT2D eigenvalue weighted by molar-refractivity contribution is 7.93. The maximum Gasteiger partial charge on any atom is 0.165 e. The molecule has 1 aliphatic heterocycles. The number of nitrogens with one attached hydrogen (secondary N) is 2. The van der Waals surface area contributed by atoms with Gasteiger partial charge in [-0.25, -0.2) is 8.42 Å². The smallest absolute Gasteiger partial charge is 0.165 e. The van der Waals surface area contributed by atoms with Crippen LogP contribution in [0.15, 0.2) is 30.3 Å². The number of benzene rings is 2. The Kier molecular flexibility index (Phi) is 4.64. The minimum absolute atomic E-state index is 0.0248. The highest BCUT2D eigenvalue weighted by atomic mass is 32.2. The summed E-state index contributed by atoms with van der Waals surface area (Å²) in [6.07, 6.45) is 0. The van der Waals surface area contributed by atoms with Crippen molar-refractivity contribution in [2.24, 2.45) is 0 Å².